The van der Waals surface area contributed by atoms with E-state index in [1.54, 1.807) is 0 Å². The lowest BCUT2D eigenvalue weighted by Gasteiger charge is -2.18. The van der Waals surface area contributed by atoms with E-state index in [4.69, 9.17) is 0 Å². The fourth-order valence-corrected chi connectivity index (χ4v) is 3.25. The molecule has 0 atom stereocenters. The molecule has 0 fully saturated rings. The van der Waals surface area contributed by atoms with Gasteiger partial charge >= 0.3 is 0 Å². The summed E-state index contributed by atoms with van der Waals surface area (Å²) in [6.45, 7) is 0.974. The van der Waals surface area contributed by atoms with Gasteiger partial charge in [0.05, 0.1) is 6.54 Å². The molecule has 1 amide bonds. The van der Waals surface area contributed by atoms with Gasteiger partial charge in [-0.05, 0) is 23.8 Å². The van der Waals surface area contributed by atoms with Crippen LogP contribution in [-0.4, -0.2) is 29.1 Å². The van der Waals surface area contributed by atoms with Gasteiger partial charge in [0.1, 0.15) is 0 Å². The Hall–Kier alpha value is -2.21. The first kappa shape index (κ1) is 15.7. The van der Waals surface area contributed by atoms with Crippen molar-refractivity contribution in [2.45, 2.75) is 5.75 Å². The zero-order valence-corrected chi connectivity index (χ0v) is 13.0. The highest BCUT2D eigenvalue weighted by molar-refractivity contribution is 8.13. The van der Waals surface area contributed by atoms with E-state index in [-0.39, 0.29) is 11.5 Å². The van der Waals surface area contributed by atoms with Crippen LogP contribution in [0.4, 0.5) is 8.78 Å². The molecule has 23 heavy (non-hydrogen) atoms. The van der Waals surface area contributed by atoms with Crippen LogP contribution in [-0.2, 0) is 5.75 Å². The van der Waals surface area contributed by atoms with Crippen molar-refractivity contribution < 1.29 is 13.6 Å². The van der Waals surface area contributed by atoms with E-state index in [0.717, 1.165) is 17.7 Å². The first-order valence-electron chi connectivity index (χ1n) is 7.13. The average molecular weight is 332 g/mol. The molecule has 0 saturated heterocycles. The Morgan fingerprint density at radius 3 is 2.65 bits per heavy atom. The second kappa shape index (κ2) is 6.91. The molecule has 6 heteroatoms. The number of hydrogen-bond acceptors (Lipinski definition) is 3. The van der Waals surface area contributed by atoms with Gasteiger partial charge in [0.2, 0.25) is 0 Å². The van der Waals surface area contributed by atoms with E-state index in [0.29, 0.717) is 24.0 Å². The van der Waals surface area contributed by atoms with E-state index < -0.39 is 11.6 Å². The molecule has 2 aromatic rings. The zero-order valence-electron chi connectivity index (χ0n) is 12.2. The van der Waals surface area contributed by atoms with Gasteiger partial charge in [-0.2, -0.15) is 0 Å². The van der Waals surface area contributed by atoms with Crippen molar-refractivity contribution in [2.75, 3.05) is 13.1 Å². The minimum Gasteiger partial charge on any atom is -0.286 e. The van der Waals surface area contributed by atoms with Crippen molar-refractivity contribution in [2.24, 2.45) is 4.99 Å². The zero-order chi connectivity index (χ0) is 16.2. The summed E-state index contributed by atoms with van der Waals surface area (Å²) in [5.74, 6) is -1.65. The molecule has 3 nitrogen and oxygen atoms in total. The maximum absolute atomic E-state index is 13.3. The molecule has 0 unspecified atom stereocenters. The van der Waals surface area contributed by atoms with Crippen molar-refractivity contribution in [3.8, 4) is 0 Å². The Morgan fingerprint density at radius 1 is 1.13 bits per heavy atom. The molecular formula is C17H14F2N2OS. The number of hydrogen-bond donors (Lipinski definition) is 0. The molecular weight excluding hydrogens is 318 g/mol. The van der Waals surface area contributed by atoms with Crippen LogP contribution in [0.1, 0.15) is 15.9 Å². The maximum atomic E-state index is 13.3. The first-order valence-corrected chi connectivity index (χ1v) is 8.12. The monoisotopic (exact) mass is 332 g/mol. The molecule has 1 aliphatic rings. The molecule has 1 aliphatic heterocycles. The second-order valence-electron chi connectivity index (χ2n) is 5.02. The summed E-state index contributed by atoms with van der Waals surface area (Å²) in [5, 5.41) is 0.614. The summed E-state index contributed by atoms with van der Waals surface area (Å²) in [6, 6.07) is 13.0. The number of halogens is 2. The molecule has 1 heterocycles. The van der Waals surface area contributed by atoms with Gasteiger partial charge in [0, 0.05) is 17.9 Å². The predicted molar refractivity (Wildman–Crippen MR) is 87.4 cm³/mol. The third kappa shape index (κ3) is 3.59. The molecule has 118 valence electrons. The van der Waals surface area contributed by atoms with Crippen LogP contribution in [0.3, 0.4) is 0 Å². The largest absolute Gasteiger partial charge is 0.286 e. The van der Waals surface area contributed by atoms with Crippen LogP contribution in [0.5, 0.6) is 0 Å². The summed E-state index contributed by atoms with van der Waals surface area (Å²) in [5.41, 5.74) is 1.26. The predicted octanol–water partition coefficient (Wildman–Crippen LogP) is 3.71. The summed E-state index contributed by atoms with van der Waals surface area (Å²) < 4.78 is 26.3. The molecule has 3 rings (SSSR count). The molecule has 0 radical (unpaired) electrons. The average Bonchev–Trinajstić information content (AvgIpc) is 3.04. The Kier molecular flexibility index (Phi) is 4.71. The quantitative estimate of drug-likeness (QED) is 0.858. The highest BCUT2D eigenvalue weighted by Gasteiger charge is 2.25. The Labute approximate surface area is 137 Å². The smallest absolute Gasteiger partial charge is 0.259 e. The third-order valence-electron chi connectivity index (χ3n) is 3.42. The first-order chi connectivity index (χ1) is 11.1. The van der Waals surface area contributed by atoms with Crippen LogP contribution in [0, 0.1) is 11.6 Å². The lowest BCUT2D eigenvalue weighted by Crippen LogP contribution is -2.33. The SMILES string of the molecule is O=C(c1ccc(F)c(F)c1)N1CCN=C1SCc1ccccc1. The number of thioether (sulfide) groups is 1. The number of carbonyl (C=O) groups excluding carboxylic acids is 1. The van der Waals surface area contributed by atoms with Crippen molar-refractivity contribution in [1.82, 2.24) is 4.90 Å². The van der Waals surface area contributed by atoms with Gasteiger partial charge in [-0.15, -0.1) is 0 Å². The minimum atomic E-state index is -1.02. The third-order valence-corrected chi connectivity index (χ3v) is 4.51. The van der Waals surface area contributed by atoms with Gasteiger partial charge in [-0.25, -0.2) is 8.78 Å². The number of rotatable bonds is 3. The molecule has 0 bridgehead atoms. The number of aliphatic imine (C=N–C) groups is 1. The molecule has 0 saturated carbocycles. The molecule has 0 N–H and O–H groups in total. The van der Waals surface area contributed by atoms with Crippen molar-refractivity contribution in [1.29, 1.82) is 0 Å². The number of amides is 1. The summed E-state index contributed by atoms with van der Waals surface area (Å²) in [7, 11) is 0. The maximum Gasteiger partial charge on any atom is 0.259 e. The standard InChI is InChI=1S/C17H14F2N2OS/c18-14-7-6-13(10-15(14)19)16(22)21-9-8-20-17(21)23-11-12-4-2-1-3-5-12/h1-7,10H,8-9,11H2. The summed E-state index contributed by atoms with van der Waals surface area (Å²) in [4.78, 5) is 18.3. The van der Waals surface area contributed by atoms with Crippen LogP contribution >= 0.6 is 11.8 Å². The normalized spacial score (nSPS) is 14.0. The van der Waals surface area contributed by atoms with E-state index in [9.17, 15) is 13.6 Å². The van der Waals surface area contributed by atoms with E-state index >= 15 is 0 Å². The topological polar surface area (TPSA) is 32.7 Å². The molecule has 0 spiro atoms. The van der Waals surface area contributed by atoms with Crippen molar-refractivity contribution in [3.05, 3.63) is 71.3 Å². The lowest BCUT2D eigenvalue weighted by molar-refractivity contribution is 0.0860. The second-order valence-corrected chi connectivity index (χ2v) is 5.97. The summed E-state index contributed by atoms with van der Waals surface area (Å²) in [6.07, 6.45) is 0. The van der Waals surface area contributed by atoms with E-state index in [1.165, 1.54) is 22.7 Å². The minimum absolute atomic E-state index is 0.124. The van der Waals surface area contributed by atoms with Crippen molar-refractivity contribution in [3.63, 3.8) is 0 Å². The number of benzene rings is 2. The van der Waals surface area contributed by atoms with Crippen LogP contribution in [0.25, 0.3) is 0 Å². The highest BCUT2D eigenvalue weighted by Crippen LogP contribution is 2.22. The van der Waals surface area contributed by atoms with Gasteiger partial charge in [0.15, 0.2) is 16.8 Å². The number of amidine groups is 1. The van der Waals surface area contributed by atoms with E-state index in [2.05, 4.69) is 4.99 Å². The van der Waals surface area contributed by atoms with Crippen LogP contribution < -0.4 is 0 Å². The van der Waals surface area contributed by atoms with Gasteiger partial charge in [-0.1, -0.05) is 42.1 Å². The molecule has 0 aliphatic carbocycles. The van der Waals surface area contributed by atoms with Gasteiger partial charge in [-0.3, -0.25) is 14.7 Å². The number of carbonyl (C=O) groups is 1. The van der Waals surface area contributed by atoms with Crippen LogP contribution in [0.15, 0.2) is 53.5 Å². The Bertz CT molecular complexity index is 750. The lowest BCUT2D eigenvalue weighted by atomic mass is 10.2. The molecule has 2 aromatic carbocycles. The van der Waals surface area contributed by atoms with Crippen LogP contribution in [0.2, 0.25) is 0 Å². The Balaban J connectivity index is 1.70. The Morgan fingerprint density at radius 2 is 1.91 bits per heavy atom. The highest BCUT2D eigenvalue weighted by atomic mass is 32.2. The van der Waals surface area contributed by atoms with Crippen molar-refractivity contribution >= 4 is 22.8 Å². The number of nitrogens with zero attached hydrogens (tertiary/aromatic N) is 2. The fraction of sp³-hybridized carbons (Fsp3) is 0.176. The van der Waals surface area contributed by atoms with E-state index in [1.807, 2.05) is 30.3 Å². The fourth-order valence-electron chi connectivity index (χ4n) is 2.25. The van der Waals surface area contributed by atoms with Gasteiger partial charge < -0.3 is 0 Å². The molecule has 0 aromatic heterocycles. The van der Waals surface area contributed by atoms with Gasteiger partial charge in [0.25, 0.3) is 5.91 Å². The summed E-state index contributed by atoms with van der Waals surface area (Å²) >= 11 is 1.46.